The maximum Gasteiger partial charge on any atom is 0.218 e. The van der Waals surface area contributed by atoms with Crippen LogP contribution in [-0.2, 0) is 0 Å². The van der Waals surface area contributed by atoms with Crippen molar-refractivity contribution in [3.8, 4) is 0 Å². The second kappa shape index (κ2) is 4.28. The van der Waals surface area contributed by atoms with Crippen molar-refractivity contribution in [2.24, 2.45) is 5.73 Å². The molecule has 1 heterocycles. The lowest BCUT2D eigenvalue weighted by atomic mass is 9.88. The third kappa shape index (κ3) is 1.91. The molecule has 4 heteroatoms. The zero-order chi connectivity index (χ0) is 10.8. The number of carbonyl (C=O) groups is 1. The molecule has 0 radical (unpaired) electrons. The molecule has 2 N–H and O–H groups in total. The van der Waals surface area contributed by atoms with Gasteiger partial charge in [-0.1, -0.05) is 13.8 Å². The molecule has 0 bridgehead atoms. The maximum absolute atomic E-state index is 12.0. The lowest BCUT2D eigenvalue weighted by Gasteiger charge is -2.23. The van der Waals surface area contributed by atoms with Gasteiger partial charge in [-0.15, -0.1) is 0 Å². The highest BCUT2D eigenvalue weighted by atomic mass is 79.9. The minimum absolute atomic E-state index is 0.139. The highest BCUT2D eigenvalue weighted by Crippen LogP contribution is 2.25. The molecule has 0 atom stereocenters. The molecule has 0 unspecified atom stereocenters. The third-order valence-corrected chi connectivity index (χ3v) is 3.16. The first-order valence-corrected chi connectivity index (χ1v) is 5.41. The number of hydrogen-bond donors (Lipinski definition) is 1. The van der Waals surface area contributed by atoms with E-state index < -0.39 is 5.54 Å². The summed E-state index contributed by atoms with van der Waals surface area (Å²) < 4.78 is 5.77. The summed E-state index contributed by atoms with van der Waals surface area (Å²) in [7, 11) is 0. The number of rotatable bonds is 4. The fraction of sp³-hybridized carbons (Fsp3) is 0.500. The Morgan fingerprint density at radius 1 is 1.57 bits per heavy atom. The van der Waals surface area contributed by atoms with Crippen molar-refractivity contribution < 1.29 is 9.21 Å². The first kappa shape index (κ1) is 11.5. The van der Waals surface area contributed by atoms with Crippen LogP contribution in [0.5, 0.6) is 0 Å². The molecule has 0 fully saturated rings. The van der Waals surface area contributed by atoms with E-state index >= 15 is 0 Å². The second-order valence-electron chi connectivity index (χ2n) is 3.29. The van der Waals surface area contributed by atoms with E-state index in [0.29, 0.717) is 23.1 Å². The Hall–Kier alpha value is -0.610. The topological polar surface area (TPSA) is 56.2 Å². The lowest BCUT2D eigenvalue weighted by Crippen LogP contribution is -2.46. The molecule has 1 rings (SSSR count). The molecule has 3 nitrogen and oxygen atoms in total. The Labute approximate surface area is 91.8 Å². The van der Waals surface area contributed by atoms with Gasteiger partial charge in [0.2, 0.25) is 5.78 Å². The molecule has 0 amide bonds. The summed E-state index contributed by atoms with van der Waals surface area (Å²) in [6.45, 7) is 3.80. The fourth-order valence-corrected chi connectivity index (χ4v) is 1.63. The van der Waals surface area contributed by atoms with Crippen molar-refractivity contribution in [3.05, 3.63) is 22.6 Å². The van der Waals surface area contributed by atoms with Gasteiger partial charge in [0.05, 0.1) is 16.3 Å². The average Bonchev–Trinajstić information content (AvgIpc) is 2.62. The van der Waals surface area contributed by atoms with Gasteiger partial charge < -0.3 is 10.2 Å². The number of ketones is 1. The Balaban J connectivity index is 3.01. The molecule has 1 aromatic rings. The molecule has 0 aliphatic heterocycles. The molecule has 0 aliphatic carbocycles. The Kier molecular flexibility index (Phi) is 3.50. The highest BCUT2D eigenvalue weighted by Gasteiger charge is 2.33. The third-order valence-electron chi connectivity index (χ3n) is 2.54. The summed E-state index contributed by atoms with van der Waals surface area (Å²) in [5.74, 6) is 0.176. The van der Waals surface area contributed by atoms with E-state index in [1.165, 1.54) is 6.26 Å². The molecule has 0 spiro atoms. The number of furan rings is 1. The Morgan fingerprint density at radius 2 is 2.14 bits per heavy atom. The molecule has 0 saturated carbocycles. The summed E-state index contributed by atoms with van der Waals surface area (Å²) in [4.78, 5) is 12.0. The Bertz CT molecular complexity index is 329. The van der Waals surface area contributed by atoms with Gasteiger partial charge in [-0.2, -0.15) is 0 Å². The van der Waals surface area contributed by atoms with Crippen LogP contribution in [0.1, 0.15) is 37.2 Å². The first-order valence-electron chi connectivity index (χ1n) is 4.61. The maximum atomic E-state index is 12.0. The summed E-state index contributed by atoms with van der Waals surface area (Å²) in [5, 5.41) is 0. The molecule has 1 aromatic heterocycles. The van der Waals surface area contributed by atoms with E-state index in [-0.39, 0.29) is 5.78 Å². The number of nitrogens with two attached hydrogens (primary N) is 1. The summed E-state index contributed by atoms with van der Waals surface area (Å²) in [6.07, 6.45) is 2.69. The summed E-state index contributed by atoms with van der Waals surface area (Å²) >= 11 is 3.25. The van der Waals surface area contributed by atoms with E-state index in [0.717, 1.165) is 0 Å². The zero-order valence-corrected chi connectivity index (χ0v) is 9.93. The van der Waals surface area contributed by atoms with Crippen molar-refractivity contribution in [1.82, 2.24) is 0 Å². The van der Waals surface area contributed by atoms with Crippen LogP contribution < -0.4 is 5.73 Å². The molecule has 0 aromatic carbocycles. The minimum Gasteiger partial charge on any atom is -0.460 e. The van der Waals surface area contributed by atoms with Crippen LogP contribution >= 0.6 is 15.9 Å². The van der Waals surface area contributed by atoms with Gasteiger partial charge in [0.15, 0.2) is 5.76 Å². The quantitative estimate of drug-likeness (QED) is 0.847. The van der Waals surface area contributed by atoms with Crippen LogP contribution in [0, 0.1) is 0 Å². The molecular formula is C10H14BrNO2. The van der Waals surface area contributed by atoms with E-state index in [4.69, 9.17) is 10.2 Å². The van der Waals surface area contributed by atoms with E-state index in [1.807, 2.05) is 13.8 Å². The van der Waals surface area contributed by atoms with Crippen LogP contribution in [0.15, 0.2) is 21.2 Å². The van der Waals surface area contributed by atoms with E-state index in [9.17, 15) is 4.79 Å². The highest BCUT2D eigenvalue weighted by molar-refractivity contribution is 9.10. The number of halogens is 1. The van der Waals surface area contributed by atoms with Crippen molar-refractivity contribution in [3.63, 3.8) is 0 Å². The fourth-order valence-electron chi connectivity index (χ4n) is 1.25. The van der Waals surface area contributed by atoms with Crippen LogP contribution in [0.2, 0.25) is 0 Å². The van der Waals surface area contributed by atoms with Crippen molar-refractivity contribution >= 4 is 21.7 Å². The SMILES string of the molecule is CCC(N)(CC)C(=O)c1occc1Br. The zero-order valence-electron chi connectivity index (χ0n) is 8.34. The van der Waals surface area contributed by atoms with Gasteiger partial charge in [0, 0.05) is 0 Å². The number of Topliss-reactive ketones (excluding diaryl/α,β-unsaturated/α-hetero) is 1. The van der Waals surface area contributed by atoms with Crippen LogP contribution in [0.4, 0.5) is 0 Å². The van der Waals surface area contributed by atoms with E-state index in [1.54, 1.807) is 6.07 Å². The van der Waals surface area contributed by atoms with E-state index in [2.05, 4.69) is 15.9 Å². The standard InChI is InChI=1S/C10H14BrNO2/c1-3-10(12,4-2)9(13)8-7(11)5-6-14-8/h5-6H,3-4,12H2,1-2H3. The monoisotopic (exact) mass is 259 g/mol. The van der Waals surface area contributed by atoms with Gasteiger partial charge in [-0.05, 0) is 34.8 Å². The summed E-state index contributed by atoms with van der Waals surface area (Å²) in [5.41, 5.74) is 5.16. The number of carbonyl (C=O) groups excluding carboxylic acids is 1. The van der Waals surface area contributed by atoms with Crippen LogP contribution in [0.25, 0.3) is 0 Å². The van der Waals surface area contributed by atoms with Gasteiger partial charge in [0.1, 0.15) is 0 Å². The van der Waals surface area contributed by atoms with Gasteiger partial charge >= 0.3 is 0 Å². The average molecular weight is 260 g/mol. The van der Waals surface area contributed by atoms with Crippen molar-refractivity contribution in [2.45, 2.75) is 32.2 Å². The first-order chi connectivity index (χ1) is 6.55. The van der Waals surface area contributed by atoms with Gasteiger partial charge in [-0.3, -0.25) is 4.79 Å². The lowest BCUT2D eigenvalue weighted by molar-refractivity contribution is 0.0849. The second-order valence-corrected chi connectivity index (χ2v) is 4.14. The van der Waals surface area contributed by atoms with Crippen molar-refractivity contribution in [2.75, 3.05) is 0 Å². The predicted molar refractivity (Wildman–Crippen MR) is 58.2 cm³/mol. The predicted octanol–water partition coefficient (Wildman–Crippen LogP) is 2.74. The summed E-state index contributed by atoms with van der Waals surface area (Å²) in [6, 6.07) is 1.69. The smallest absolute Gasteiger partial charge is 0.218 e. The Morgan fingerprint density at radius 3 is 2.50 bits per heavy atom. The van der Waals surface area contributed by atoms with Gasteiger partial charge in [-0.25, -0.2) is 0 Å². The number of hydrogen-bond acceptors (Lipinski definition) is 3. The van der Waals surface area contributed by atoms with Crippen LogP contribution in [0.3, 0.4) is 0 Å². The molecule has 14 heavy (non-hydrogen) atoms. The molecule has 0 saturated heterocycles. The molecular weight excluding hydrogens is 246 g/mol. The molecule has 0 aliphatic rings. The van der Waals surface area contributed by atoms with Crippen LogP contribution in [-0.4, -0.2) is 11.3 Å². The van der Waals surface area contributed by atoms with Gasteiger partial charge in [0.25, 0.3) is 0 Å². The minimum atomic E-state index is -0.805. The van der Waals surface area contributed by atoms with Crippen molar-refractivity contribution in [1.29, 1.82) is 0 Å². The largest absolute Gasteiger partial charge is 0.460 e. The molecule has 78 valence electrons. The normalized spacial score (nSPS) is 11.7.